The van der Waals surface area contributed by atoms with Gasteiger partial charge in [0.15, 0.2) is 5.13 Å². The molecule has 30 heavy (non-hydrogen) atoms. The first-order chi connectivity index (χ1) is 14.5. The molecule has 162 valence electrons. The number of rotatable bonds is 3. The summed E-state index contributed by atoms with van der Waals surface area (Å²) >= 11 is 1.64. The van der Waals surface area contributed by atoms with Crippen LogP contribution in [-0.2, 0) is 22.4 Å². The van der Waals surface area contributed by atoms with Gasteiger partial charge in [-0.05, 0) is 94.3 Å². The van der Waals surface area contributed by atoms with Crippen molar-refractivity contribution in [2.75, 3.05) is 11.9 Å². The molecular formula is C24H33N3O2S. The van der Waals surface area contributed by atoms with Crippen LogP contribution in [0.25, 0.3) is 0 Å². The van der Waals surface area contributed by atoms with E-state index in [1.165, 1.54) is 36.3 Å². The summed E-state index contributed by atoms with van der Waals surface area (Å²) in [5.74, 6) is 3.22. The molecule has 4 bridgehead atoms. The number of amides is 2. The van der Waals surface area contributed by atoms with Gasteiger partial charge in [-0.1, -0.05) is 6.92 Å². The Morgan fingerprint density at radius 1 is 1.10 bits per heavy atom. The molecular weight excluding hydrogens is 394 g/mol. The van der Waals surface area contributed by atoms with Crippen molar-refractivity contribution in [2.24, 2.45) is 29.1 Å². The van der Waals surface area contributed by atoms with E-state index < -0.39 is 0 Å². The molecule has 1 saturated heterocycles. The van der Waals surface area contributed by atoms with E-state index in [0.717, 1.165) is 74.4 Å². The maximum atomic E-state index is 13.8. The van der Waals surface area contributed by atoms with Gasteiger partial charge in [-0.15, -0.1) is 11.3 Å². The second-order valence-corrected chi connectivity index (χ2v) is 12.2. The molecule has 1 aromatic rings. The number of nitrogens with zero attached hydrogens (tertiary/aromatic N) is 2. The highest BCUT2D eigenvalue weighted by molar-refractivity contribution is 7.15. The summed E-state index contributed by atoms with van der Waals surface area (Å²) in [6, 6.07) is -0.314. The van der Waals surface area contributed by atoms with Crippen LogP contribution in [0.3, 0.4) is 0 Å². The molecule has 5 aliphatic carbocycles. The second-order valence-electron chi connectivity index (χ2n) is 11.1. The minimum absolute atomic E-state index is 0.0234. The first-order valence-electron chi connectivity index (χ1n) is 12.1. The van der Waals surface area contributed by atoms with Gasteiger partial charge in [0.25, 0.3) is 0 Å². The van der Waals surface area contributed by atoms with E-state index in [1.807, 2.05) is 4.90 Å². The molecule has 2 amide bonds. The van der Waals surface area contributed by atoms with Gasteiger partial charge in [-0.2, -0.15) is 0 Å². The van der Waals surface area contributed by atoms with Crippen LogP contribution in [0.5, 0.6) is 0 Å². The molecule has 0 unspecified atom stereocenters. The van der Waals surface area contributed by atoms with Crippen molar-refractivity contribution in [3.63, 3.8) is 0 Å². The molecule has 0 aromatic carbocycles. The number of nitrogens with one attached hydrogen (secondary N) is 1. The van der Waals surface area contributed by atoms with Gasteiger partial charge in [-0.3, -0.25) is 9.59 Å². The summed E-state index contributed by atoms with van der Waals surface area (Å²) in [6.45, 7) is 3.03. The predicted octanol–water partition coefficient (Wildman–Crippen LogP) is 4.41. The number of anilines is 1. The Balaban J connectivity index is 1.18. The molecule has 0 spiro atoms. The predicted molar refractivity (Wildman–Crippen MR) is 117 cm³/mol. The molecule has 2 heterocycles. The summed E-state index contributed by atoms with van der Waals surface area (Å²) in [4.78, 5) is 35.0. The van der Waals surface area contributed by atoms with Crippen LogP contribution in [0.1, 0.15) is 75.3 Å². The molecule has 0 radical (unpaired) electrons. The second kappa shape index (κ2) is 7.04. The highest BCUT2D eigenvalue weighted by atomic mass is 32.1. The molecule has 5 fully saturated rings. The number of hydrogen-bond donors (Lipinski definition) is 1. The lowest BCUT2D eigenvalue weighted by Gasteiger charge is -2.56. The summed E-state index contributed by atoms with van der Waals surface area (Å²) in [5, 5.41) is 3.82. The van der Waals surface area contributed by atoms with Crippen LogP contribution in [0.2, 0.25) is 0 Å². The average molecular weight is 428 g/mol. The lowest BCUT2D eigenvalue weighted by molar-refractivity contribution is -0.160. The number of thiazole rings is 1. The van der Waals surface area contributed by atoms with Crippen molar-refractivity contribution in [3.8, 4) is 0 Å². The van der Waals surface area contributed by atoms with Crippen molar-refractivity contribution in [3.05, 3.63) is 10.6 Å². The van der Waals surface area contributed by atoms with Crippen LogP contribution in [0.4, 0.5) is 5.13 Å². The number of carbonyl (C=O) groups excluding carboxylic acids is 2. The number of fused-ring (bicyclic) bond motifs is 1. The summed E-state index contributed by atoms with van der Waals surface area (Å²) in [5.41, 5.74) is 1.01. The van der Waals surface area contributed by atoms with E-state index >= 15 is 0 Å². The highest BCUT2D eigenvalue weighted by Gasteiger charge is 2.56. The van der Waals surface area contributed by atoms with Gasteiger partial charge < -0.3 is 10.2 Å². The number of aromatic nitrogens is 1. The number of hydrogen-bond acceptors (Lipinski definition) is 4. The zero-order chi connectivity index (χ0) is 20.5. The topological polar surface area (TPSA) is 62.3 Å². The Bertz CT molecular complexity index is 843. The number of aryl methyl sites for hydroxylation is 1. The fourth-order valence-electron chi connectivity index (χ4n) is 7.74. The maximum Gasteiger partial charge on any atom is 0.248 e. The first-order valence-corrected chi connectivity index (χ1v) is 12.9. The van der Waals surface area contributed by atoms with E-state index in [1.54, 1.807) is 11.3 Å². The van der Waals surface area contributed by atoms with Gasteiger partial charge in [0.2, 0.25) is 11.8 Å². The SMILES string of the molecule is C[C@H]1CCc2nc(NC(=O)[C@H]3CCCN3C(=O)C34CC5CC(CC(C5)C3)C4)sc2C1. The molecule has 7 rings (SSSR count). The number of likely N-dealkylation sites (tertiary alicyclic amines) is 1. The summed E-state index contributed by atoms with van der Waals surface area (Å²) in [7, 11) is 0. The van der Waals surface area contributed by atoms with Crippen LogP contribution in [-0.4, -0.2) is 34.3 Å². The third-order valence-corrected chi connectivity index (χ3v) is 9.76. The fraction of sp³-hybridized carbons (Fsp3) is 0.792. The average Bonchev–Trinajstić information content (AvgIpc) is 3.32. The van der Waals surface area contributed by atoms with E-state index in [9.17, 15) is 9.59 Å². The van der Waals surface area contributed by atoms with Crippen LogP contribution in [0.15, 0.2) is 0 Å². The maximum absolute atomic E-state index is 13.8. The van der Waals surface area contributed by atoms with Gasteiger partial charge in [0.1, 0.15) is 6.04 Å². The monoisotopic (exact) mass is 427 g/mol. The molecule has 6 heteroatoms. The van der Waals surface area contributed by atoms with Crippen LogP contribution >= 0.6 is 11.3 Å². The highest BCUT2D eigenvalue weighted by Crippen LogP contribution is 2.60. The van der Waals surface area contributed by atoms with Gasteiger partial charge >= 0.3 is 0 Å². The van der Waals surface area contributed by atoms with E-state index in [2.05, 4.69) is 12.2 Å². The Morgan fingerprint density at radius 2 is 1.80 bits per heavy atom. The first kappa shape index (κ1) is 19.3. The van der Waals surface area contributed by atoms with Crippen LogP contribution in [0, 0.1) is 29.1 Å². The third-order valence-electron chi connectivity index (χ3n) is 8.72. The molecule has 6 aliphatic rings. The smallest absolute Gasteiger partial charge is 0.248 e. The van der Waals surface area contributed by atoms with Crippen molar-refractivity contribution in [1.29, 1.82) is 0 Å². The van der Waals surface area contributed by atoms with Gasteiger partial charge in [0, 0.05) is 11.4 Å². The van der Waals surface area contributed by atoms with Crippen LogP contribution < -0.4 is 5.32 Å². The lowest BCUT2D eigenvalue weighted by Crippen LogP contribution is -2.56. The minimum Gasteiger partial charge on any atom is -0.330 e. The zero-order valence-corrected chi connectivity index (χ0v) is 18.8. The Kier molecular flexibility index (Phi) is 4.52. The largest absolute Gasteiger partial charge is 0.330 e. The fourth-order valence-corrected chi connectivity index (χ4v) is 8.92. The van der Waals surface area contributed by atoms with E-state index in [-0.39, 0.29) is 17.4 Å². The molecule has 4 saturated carbocycles. The van der Waals surface area contributed by atoms with Crippen molar-refractivity contribution >= 4 is 28.3 Å². The summed E-state index contributed by atoms with van der Waals surface area (Å²) < 4.78 is 0. The molecule has 2 atom stereocenters. The summed E-state index contributed by atoms with van der Waals surface area (Å²) in [6.07, 6.45) is 12.2. The molecule has 1 aliphatic heterocycles. The zero-order valence-electron chi connectivity index (χ0n) is 18.0. The van der Waals surface area contributed by atoms with Crippen molar-refractivity contribution in [2.45, 2.75) is 83.6 Å². The standard InChI is InChI=1S/C24H33N3O2S/c1-14-4-5-18-20(7-14)30-23(25-18)26-21(28)19-3-2-6-27(19)22(29)24-11-15-8-16(12-24)10-17(9-15)13-24/h14-17,19H,2-13H2,1H3,(H,25,26,28)/t14-,15?,16?,17?,19+,24?/m0/s1. The lowest BCUT2D eigenvalue weighted by atomic mass is 9.49. The molecule has 1 aromatic heterocycles. The normalized spacial score (nSPS) is 39.2. The van der Waals surface area contributed by atoms with Gasteiger partial charge in [-0.25, -0.2) is 4.98 Å². The van der Waals surface area contributed by atoms with E-state index in [0.29, 0.717) is 11.8 Å². The third kappa shape index (κ3) is 3.12. The Labute approximate surface area is 183 Å². The van der Waals surface area contributed by atoms with E-state index in [4.69, 9.17) is 4.98 Å². The quantitative estimate of drug-likeness (QED) is 0.777. The van der Waals surface area contributed by atoms with Crippen molar-refractivity contribution < 1.29 is 9.59 Å². The van der Waals surface area contributed by atoms with Crippen molar-refractivity contribution in [1.82, 2.24) is 9.88 Å². The Hall–Kier alpha value is -1.43. The molecule has 1 N–H and O–H groups in total. The van der Waals surface area contributed by atoms with Gasteiger partial charge in [0.05, 0.1) is 11.1 Å². The Morgan fingerprint density at radius 3 is 2.50 bits per heavy atom. The number of carbonyl (C=O) groups is 2. The molecule has 5 nitrogen and oxygen atoms in total. The minimum atomic E-state index is -0.314.